The van der Waals surface area contributed by atoms with Crippen LogP contribution in [0.15, 0.2) is 35.1 Å². The molecule has 1 N–H and O–H groups in total. The molecule has 120 valence electrons. The minimum atomic E-state index is -4.68. The molecular formula is C13H9F3N4O2S. The third kappa shape index (κ3) is 3.11. The van der Waals surface area contributed by atoms with Gasteiger partial charge in [-0.3, -0.25) is 4.79 Å². The van der Waals surface area contributed by atoms with E-state index in [1.807, 2.05) is 0 Å². The van der Waals surface area contributed by atoms with Gasteiger partial charge >= 0.3 is 6.18 Å². The number of anilines is 2. The lowest BCUT2D eigenvalue weighted by molar-refractivity contribution is -0.141. The number of benzene rings is 1. The van der Waals surface area contributed by atoms with Crippen LogP contribution in [0.25, 0.3) is 4.96 Å². The molecule has 0 bridgehead atoms. The highest BCUT2D eigenvalue weighted by atomic mass is 32.1. The van der Waals surface area contributed by atoms with E-state index in [4.69, 9.17) is 4.74 Å². The van der Waals surface area contributed by atoms with Gasteiger partial charge < -0.3 is 10.1 Å². The monoisotopic (exact) mass is 342 g/mol. The molecule has 23 heavy (non-hydrogen) atoms. The molecule has 0 saturated heterocycles. The molecular weight excluding hydrogens is 333 g/mol. The molecule has 3 aromatic rings. The van der Waals surface area contributed by atoms with Crippen molar-refractivity contribution in [2.45, 2.75) is 6.18 Å². The van der Waals surface area contributed by atoms with Crippen LogP contribution in [0.4, 0.5) is 24.0 Å². The minimum Gasteiger partial charge on any atom is -0.497 e. The summed E-state index contributed by atoms with van der Waals surface area (Å²) < 4.78 is 43.9. The molecule has 0 spiro atoms. The minimum absolute atomic E-state index is 0.143. The molecule has 1 aromatic carbocycles. The van der Waals surface area contributed by atoms with Crippen LogP contribution in [0.2, 0.25) is 0 Å². The average Bonchev–Trinajstić information content (AvgIpc) is 2.89. The lowest BCUT2D eigenvalue weighted by atomic mass is 10.3. The molecule has 10 heteroatoms. The molecule has 0 atom stereocenters. The average molecular weight is 342 g/mol. The highest BCUT2D eigenvalue weighted by Gasteiger charge is 2.33. The number of aromatic nitrogens is 3. The normalized spacial score (nSPS) is 11.7. The molecule has 6 nitrogen and oxygen atoms in total. The van der Waals surface area contributed by atoms with Gasteiger partial charge in [0.25, 0.3) is 5.56 Å². The van der Waals surface area contributed by atoms with Crippen LogP contribution in [0, 0.1) is 0 Å². The SMILES string of the molecule is COc1cccc(Nc2nn3c(=O)cc(C(F)(F)F)nc3s2)c1. The molecule has 0 aliphatic rings. The predicted molar refractivity (Wildman–Crippen MR) is 78.4 cm³/mol. The van der Waals surface area contributed by atoms with Gasteiger partial charge in [0.1, 0.15) is 5.75 Å². The van der Waals surface area contributed by atoms with Gasteiger partial charge in [-0.15, -0.1) is 5.10 Å². The van der Waals surface area contributed by atoms with E-state index in [1.54, 1.807) is 24.3 Å². The van der Waals surface area contributed by atoms with Crippen LogP contribution < -0.4 is 15.6 Å². The first-order chi connectivity index (χ1) is 10.9. The Hall–Kier alpha value is -2.62. The van der Waals surface area contributed by atoms with Crippen molar-refractivity contribution in [1.29, 1.82) is 0 Å². The van der Waals surface area contributed by atoms with Crippen LogP contribution in [-0.2, 0) is 6.18 Å². The fourth-order valence-corrected chi connectivity index (χ4v) is 2.66. The second-order valence-electron chi connectivity index (χ2n) is 4.44. The molecule has 0 radical (unpaired) electrons. The van der Waals surface area contributed by atoms with Gasteiger partial charge in [-0.05, 0) is 12.1 Å². The zero-order valence-electron chi connectivity index (χ0n) is 11.6. The smallest absolute Gasteiger partial charge is 0.433 e. The Morgan fingerprint density at radius 1 is 1.30 bits per heavy atom. The number of alkyl halides is 3. The van der Waals surface area contributed by atoms with Crippen LogP contribution >= 0.6 is 11.3 Å². The zero-order chi connectivity index (χ0) is 16.6. The molecule has 0 fully saturated rings. The lowest BCUT2D eigenvalue weighted by Crippen LogP contribution is -2.19. The Balaban J connectivity index is 2.00. The van der Waals surface area contributed by atoms with Gasteiger partial charge in [0.05, 0.1) is 7.11 Å². The molecule has 0 aliphatic carbocycles. The first-order valence-electron chi connectivity index (χ1n) is 6.26. The first-order valence-corrected chi connectivity index (χ1v) is 7.07. The maximum atomic E-state index is 12.7. The van der Waals surface area contributed by atoms with Crippen molar-refractivity contribution >= 4 is 27.1 Å². The second-order valence-corrected chi connectivity index (χ2v) is 5.39. The molecule has 0 unspecified atom stereocenters. The Labute approximate surface area is 131 Å². The van der Waals surface area contributed by atoms with Crippen molar-refractivity contribution in [3.8, 4) is 5.75 Å². The van der Waals surface area contributed by atoms with E-state index in [2.05, 4.69) is 15.4 Å². The molecule has 0 aliphatic heterocycles. The number of fused-ring (bicyclic) bond motifs is 1. The largest absolute Gasteiger partial charge is 0.497 e. The Kier molecular flexibility index (Phi) is 3.68. The Bertz CT molecular complexity index is 919. The van der Waals surface area contributed by atoms with Gasteiger partial charge in [0.2, 0.25) is 10.1 Å². The van der Waals surface area contributed by atoms with Crippen molar-refractivity contribution < 1.29 is 17.9 Å². The highest BCUT2D eigenvalue weighted by molar-refractivity contribution is 7.20. The number of methoxy groups -OCH3 is 1. The number of nitrogens with one attached hydrogen (secondary N) is 1. The fraction of sp³-hybridized carbons (Fsp3) is 0.154. The summed E-state index contributed by atoms with van der Waals surface area (Å²) in [5.74, 6) is 0.603. The van der Waals surface area contributed by atoms with Crippen LogP contribution in [-0.4, -0.2) is 21.7 Å². The maximum Gasteiger partial charge on any atom is 0.433 e. The predicted octanol–water partition coefficient (Wildman–Crippen LogP) is 2.92. The summed E-state index contributed by atoms with van der Waals surface area (Å²) in [5, 5.41) is 7.07. The molecule has 2 aromatic heterocycles. The van der Waals surface area contributed by atoms with Crippen LogP contribution in [0.5, 0.6) is 5.75 Å². The van der Waals surface area contributed by atoms with E-state index in [1.165, 1.54) is 7.11 Å². The van der Waals surface area contributed by atoms with E-state index in [-0.39, 0.29) is 10.1 Å². The second kappa shape index (κ2) is 5.54. The van der Waals surface area contributed by atoms with E-state index in [0.717, 1.165) is 15.9 Å². The summed E-state index contributed by atoms with van der Waals surface area (Å²) in [6, 6.07) is 7.31. The van der Waals surface area contributed by atoms with E-state index < -0.39 is 17.4 Å². The summed E-state index contributed by atoms with van der Waals surface area (Å²) >= 11 is 0.839. The number of ether oxygens (including phenoxy) is 1. The Morgan fingerprint density at radius 3 is 2.78 bits per heavy atom. The highest BCUT2D eigenvalue weighted by Crippen LogP contribution is 2.29. The third-order valence-electron chi connectivity index (χ3n) is 2.86. The van der Waals surface area contributed by atoms with Crippen molar-refractivity contribution in [2.75, 3.05) is 12.4 Å². The topological polar surface area (TPSA) is 68.5 Å². The standard InChI is InChI=1S/C13H9F3N4O2S/c1-22-8-4-2-3-7(5-8)17-11-19-20-10(21)6-9(13(14,15)16)18-12(20)23-11/h2-6H,1H3,(H,17,19). The molecule has 3 rings (SSSR count). The summed E-state index contributed by atoms with van der Waals surface area (Å²) in [4.78, 5) is 15.0. The van der Waals surface area contributed by atoms with E-state index >= 15 is 0 Å². The van der Waals surface area contributed by atoms with Crippen LogP contribution in [0.1, 0.15) is 5.69 Å². The fourth-order valence-electron chi connectivity index (χ4n) is 1.83. The molecule has 2 heterocycles. The van der Waals surface area contributed by atoms with E-state index in [0.29, 0.717) is 17.5 Å². The summed E-state index contributed by atoms with van der Waals surface area (Å²) in [6.45, 7) is 0. The third-order valence-corrected chi connectivity index (χ3v) is 3.68. The van der Waals surface area contributed by atoms with Gasteiger partial charge in [0, 0.05) is 17.8 Å². The number of hydrogen-bond acceptors (Lipinski definition) is 6. The number of halogens is 3. The summed E-state index contributed by atoms with van der Waals surface area (Å²) in [7, 11) is 1.51. The van der Waals surface area contributed by atoms with Gasteiger partial charge in [0.15, 0.2) is 5.69 Å². The summed E-state index contributed by atoms with van der Waals surface area (Å²) in [5.41, 5.74) is -1.51. The van der Waals surface area contributed by atoms with Gasteiger partial charge in [-0.1, -0.05) is 17.4 Å². The maximum absolute atomic E-state index is 12.7. The first kappa shape index (κ1) is 15.3. The quantitative estimate of drug-likeness (QED) is 0.793. The van der Waals surface area contributed by atoms with Gasteiger partial charge in [-0.25, -0.2) is 4.98 Å². The summed E-state index contributed by atoms with van der Waals surface area (Å²) in [6.07, 6.45) is -4.68. The number of rotatable bonds is 3. The van der Waals surface area contributed by atoms with Crippen molar-refractivity contribution in [2.24, 2.45) is 0 Å². The number of nitrogens with zero attached hydrogens (tertiary/aromatic N) is 3. The lowest BCUT2D eigenvalue weighted by Gasteiger charge is -2.04. The molecule has 0 saturated carbocycles. The van der Waals surface area contributed by atoms with E-state index in [9.17, 15) is 18.0 Å². The Morgan fingerprint density at radius 2 is 2.09 bits per heavy atom. The zero-order valence-corrected chi connectivity index (χ0v) is 12.4. The van der Waals surface area contributed by atoms with Crippen LogP contribution in [0.3, 0.4) is 0 Å². The van der Waals surface area contributed by atoms with Crippen molar-refractivity contribution in [1.82, 2.24) is 14.6 Å². The number of hydrogen-bond donors (Lipinski definition) is 1. The van der Waals surface area contributed by atoms with Gasteiger partial charge in [-0.2, -0.15) is 17.7 Å². The molecule has 0 amide bonds. The van der Waals surface area contributed by atoms with Crippen molar-refractivity contribution in [3.63, 3.8) is 0 Å². The van der Waals surface area contributed by atoms with Crippen molar-refractivity contribution in [3.05, 3.63) is 46.4 Å².